The lowest BCUT2D eigenvalue weighted by Crippen LogP contribution is -2.41. The molecule has 5 heteroatoms. The molecule has 4 aromatic rings. The van der Waals surface area contributed by atoms with Gasteiger partial charge >= 0.3 is 5.97 Å². The van der Waals surface area contributed by atoms with Crippen molar-refractivity contribution in [1.29, 1.82) is 0 Å². The number of aromatic carboxylic acids is 1. The first-order valence-electron chi connectivity index (χ1n) is 10.3. The van der Waals surface area contributed by atoms with E-state index in [1.807, 2.05) is 35.6 Å². The van der Waals surface area contributed by atoms with Crippen LogP contribution in [0.4, 0.5) is 0 Å². The molecular formula is C26H22ClNO2S. The maximum Gasteiger partial charge on any atom is 0.336 e. The lowest BCUT2D eigenvalue weighted by atomic mass is 9.84. The molecule has 0 amide bonds. The summed E-state index contributed by atoms with van der Waals surface area (Å²) in [6.45, 7) is 3.61. The van der Waals surface area contributed by atoms with Crippen LogP contribution in [-0.4, -0.2) is 22.0 Å². The van der Waals surface area contributed by atoms with Crippen LogP contribution in [0.2, 0.25) is 5.02 Å². The molecule has 3 aromatic carbocycles. The molecule has 1 N–H and O–H groups in total. The second-order valence-corrected chi connectivity index (χ2v) is 9.60. The second kappa shape index (κ2) is 8.12. The van der Waals surface area contributed by atoms with Gasteiger partial charge in [-0.3, -0.25) is 4.90 Å². The number of benzene rings is 3. The molecule has 2 heterocycles. The fraction of sp³-hybridized carbons (Fsp3) is 0.192. The number of hydrogen-bond acceptors (Lipinski definition) is 3. The first-order valence-corrected chi connectivity index (χ1v) is 11.5. The predicted octanol–water partition coefficient (Wildman–Crippen LogP) is 6.79. The standard InChI is InChI=1S/C26H22ClNO2S/c1-16-24(17-7-3-2-4-8-17)25-22(21-13-19(27)11-12-23(21)31-25)15-28(16)14-18-9-5-6-10-20(18)26(29)30/h2-13,16,24H,14-15H2,1H3,(H,29,30). The molecule has 5 rings (SSSR count). The van der Waals surface area contributed by atoms with Gasteiger partial charge in [-0.1, -0.05) is 60.1 Å². The fourth-order valence-electron chi connectivity index (χ4n) is 4.71. The zero-order valence-corrected chi connectivity index (χ0v) is 18.7. The highest BCUT2D eigenvalue weighted by Crippen LogP contribution is 2.46. The molecule has 2 unspecified atom stereocenters. The summed E-state index contributed by atoms with van der Waals surface area (Å²) in [4.78, 5) is 15.6. The number of thiophene rings is 1. The molecule has 0 spiro atoms. The lowest BCUT2D eigenvalue weighted by Gasteiger charge is -2.40. The van der Waals surface area contributed by atoms with Crippen LogP contribution < -0.4 is 0 Å². The lowest BCUT2D eigenvalue weighted by molar-refractivity contribution is 0.0693. The van der Waals surface area contributed by atoms with Crippen molar-refractivity contribution in [2.45, 2.75) is 32.0 Å². The first kappa shape index (κ1) is 20.3. The zero-order chi connectivity index (χ0) is 21.5. The smallest absolute Gasteiger partial charge is 0.336 e. The number of hydrogen-bond donors (Lipinski definition) is 1. The van der Waals surface area contributed by atoms with Crippen LogP contribution in [0.15, 0.2) is 72.8 Å². The predicted molar refractivity (Wildman–Crippen MR) is 127 cm³/mol. The molecule has 1 aliphatic rings. The van der Waals surface area contributed by atoms with E-state index in [0.29, 0.717) is 12.1 Å². The summed E-state index contributed by atoms with van der Waals surface area (Å²) >= 11 is 8.20. The van der Waals surface area contributed by atoms with Crippen LogP contribution in [0.5, 0.6) is 0 Å². The van der Waals surface area contributed by atoms with Crippen molar-refractivity contribution in [3.63, 3.8) is 0 Å². The number of carboxylic acid groups (broad SMARTS) is 1. The average molecular weight is 448 g/mol. The molecule has 2 atom stereocenters. The van der Waals surface area contributed by atoms with Crippen molar-refractivity contribution < 1.29 is 9.90 Å². The van der Waals surface area contributed by atoms with Gasteiger partial charge in [0.25, 0.3) is 0 Å². The van der Waals surface area contributed by atoms with Gasteiger partial charge in [0, 0.05) is 39.6 Å². The molecular weight excluding hydrogens is 426 g/mol. The number of nitrogens with zero attached hydrogens (tertiary/aromatic N) is 1. The number of fused-ring (bicyclic) bond motifs is 3. The molecule has 0 saturated carbocycles. The van der Waals surface area contributed by atoms with Crippen molar-refractivity contribution >= 4 is 39.0 Å². The third-order valence-electron chi connectivity index (χ3n) is 6.27. The van der Waals surface area contributed by atoms with Crippen LogP contribution in [0.1, 0.15) is 44.8 Å². The third-order valence-corrected chi connectivity index (χ3v) is 7.80. The van der Waals surface area contributed by atoms with E-state index in [0.717, 1.165) is 17.1 Å². The highest BCUT2D eigenvalue weighted by atomic mass is 35.5. The van der Waals surface area contributed by atoms with E-state index < -0.39 is 5.97 Å². The molecule has 0 fully saturated rings. The summed E-state index contributed by atoms with van der Waals surface area (Å²) in [5, 5.41) is 11.6. The number of carbonyl (C=O) groups is 1. The van der Waals surface area contributed by atoms with Gasteiger partial charge in [-0.05, 0) is 53.3 Å². The van der Waals surface area contributed by atoms with Gasteiger partial charge in [0.05, 0.1) is 5.56 Å². The van der Waals surface area contributed by atoms with Gasteiger partial charge in [-0.25, -0.2) is 4.79 Å². The minimum Gasteiger partial charge on any atom is -0.478 e. The molecule has 3 nitrogen and oxygen atoms in total. The molecule has 31 heavy (non-hydrogen) atoms. The van der Waals surface area contributed by atoms with Gasteiger partial charge in [-0.15, -0.1) is 11.3 Å². The Morgan fingerprint density at radius 3 is 2.61 bits per heavy atom. The molecule has 0 bridgehead atoms. The Labute approximate surface area is 190 Å². The van der Waals surface area contributed by atoms with Crippen molar-refractivity contribution in [2.75, 3.05) is 0 Å². The van der Waals surface area contributed by atoms with Crippen LogP contribution in [0, 0.1) is 0 Å². The van der Waals surface area contributed by atoms with E-state index in [4.69, 9.17) is 11.6 Å². The maximum absolute atomic E-state index is 11.8. The molecule has 1 aliphatic heterocycles. The van der Waals surface area contributed by atoms with E-state index >= 15 is 0 Å². The van der Waals surface area contributed by atoms with Gasteiger partial charge < -0.3 is 5.11 Å². The summed E-state index contributed by atoms with van der Waals surface area (Å²) in [6, 6.07) is 24.3. The molecule has 0 aliphatic carbocycles. The normalized spacial score (nSPS) is 18.8. The largest absolute Gasteiger partial charge is 0.478 e. The highest BCUT2D eigenvalue weighted by molar-refractivity contribution is 7.19. The van der Waals surface area contributed by atoms with Gasteiger partial charge in [0.15, 0.2) is 0 Å². The molecule has 1 aromatic heterocycles. The zero-order valence-electron chi connectivity index (χ0n) is 17.1. The van der Waals surface area contributed by atoms with E-state index in [-0.39, 0.29) is 12.0 Å². The first-order chi connectivity index (χ1) is 15.0. The van der Waals surface area contributed by atoms with Crippen LogP contribution in [0.25, 0.3) is 10.1 Å². The molecule has 0 radical (unpaired) electrons. The Bertz CT molecular complexity index is 1270. The van der Waals surface area contributed by atoms with E-state index in [1.165, 1.54) is 26.1 Å². The van der Waals surface area contributed by atoms with Crippen molar-refractivity contribution in [2.24, 2.45) is 0 Å². The van der Waals surface area contributed by atoms with Crippen molar-refractivity contribution in [1.82, 2.24) is 4.90 Å². The van der Waals surface area contributed by atoms with Crippen molar-refractivity contribution in [3.8, 4) is 0 Å². The summed E-state index contributed by atoms with van der Waals surface area (Å²) in [6.07, 6.45) is 0. The van der Waals surface area contributed by atoms with Gasteiger partial charge in [0.2, 0.25) is 0 Å². The third kappa shape index (κ3) is 3.65. The fourth-order valence-corrected chi connectivity index (χ4v) is 6.30. The monoisotopic (exact) mass is 447 g/mol. The summed E-state index contributed by atoms with van der Waals surface area (Å²) in [7, 11) is 0. The van der Waals surface area contributed by atoms with Crippen LogP contribution >= 0.6 is 22.9 Å². The Kier molecular flexibility index (Phi) is 5.30. The number of halogens is 1. The van der Waals surface area contributed by atoms with Gasteiger partial charge in [0.1, 0.15) is 0 Å². The van der Waals surface area contributed by atoms with E-state index in [1.54, 1.807) is 12.1 Å². The quantitative estimate of drug-likeness (QED) is 0.374. The summed E-state index contributed by atoms with van der Waals surface area (Å²) in [5.41, 5.74) is 3.80. The van der Waals surface area contributed by atoms with Crippen LogP contribution in [0.3, 0.4) is 0 Å². The molecule has 156 valence electrons. The Hall–Kier alpha value is -2.66. The second-order valence-electron chi connectivity index (χ2n) is 8.08. The molecule has 0 saturated heterocycles. The minimum atomic E-state index is -0.881. The minimum absolute atomic E-state index is 0.220. The summed E-state index contributed by atoms with van der Waals surface area (Å²) < 4.78 is 1.25. The Balaban J connectivity index is 1.64. The van der Waals surface area contributed by atoms with Crippen molar-refractivity contribution in [3.05, 3.63) is 105 Å². The van der Waals surface area contributed by atoms with Crippen LogP contribution in [-0.2, 0) is 13.1 Å². The van der Waals surface area contributed by atoms with Gasteiger partial charge in [-0.2, -0.15) is 0 Å². The van der Waals surface area contributed by atoms with E-state index in [2.05, 4.69) is 48.2 Å². The Morgan fingerprint density at radius 1 is 1.10 bits per heavy atom. The highest BCUT2D eigenvalue weighted by Gasteiger charge is 2.36. The Morgan fingerprint density at radius 2 is 1.84 bits per heavy atom. The topological polar surface area (TPSA) is 40.5 Å². The van der Waals surface area contributed by atoms with E-state index in [9.17, 15) is 9.90 Å². The maximum atomic E-state index is 11.8. The SMILES string of the molecule is CC1C(c2ccccc2)c2sc3ccc(Cl)cc3c2CN1Cc1ccccc1C(=O)O. The summed E-state index contributed by atoms with van der Waals surface area (Å²) in [5.74, 6) is -0.661. The average Bonchev–Trinajstić information content (AvgIpc) is 3.12. The number of carboxylic acids is 1. The number of rotatable bonds is 4.